The summed E-state index contributed by atoms with van der Waals surface area (Å²) in [6.45, 7) is 1.75. The maximum Gasteiger partial charge on any atom is 0.336 e. The highest BCUT2D eigenvalue weighted by molar-refractivity contribution is 6.04. The third kappa shape index (κ3) is 4.11. The van der Waals surface area contributed by atoms with Crippen LogP contribution in [0.5, 0.6) is 5.75 Å². The number of nitrogens with one attached hydrogen (secondary N) is 1. The molecule has 0 bridgehead atoms. The minimum atomic E-state index is -0.738. The zero-order valence-electron chi connectivity index (χ0n) is 18.6. The molecular weight excluding hydrogens is 424 g/mol. The molecule has 2 atom stereocenters. The van der Waals surface area contributed by atoms with Gasteiger partial charge in [0.1, 0.15) is 5.75 Å². The number of allylic oxidation sites excluding steroid dienone is 3. The zero-order chi connectivity index (χ0) is 23.7. The molecule has 2 aliphatic rings. The van der Waals surface area contributed by atoms with Crippen molar-refractivity contribution in [2.24, 2.45) is 0 Å². The lowest BCUT2D eigenvalue weighted by Gasteiger charge is -2.36. The Morgan fingerprint density at radius 3 is 2.45 bits per heavy atom. The van der Waals surface area contributed by atoms with Gasteiger partial charge in [0.05, 0.1) is 24.7 Å². The van der Waals surface area contributed by atoms with Gasteiger partial charge in [-0.05, 0) is 42.5 Å². The molecule has 170 valence electrons. The Morgan fingerprint density at radius 2 is 1.82 bits per heavy atom. The number of rotatable bonds is 5. The average molecular weight is 448 g/mol. The van der Waals surface area contributed by atoms with Crippen molar-refractivity contribution in [3.8, 4) is 5.75 Å². The molecule has 0 unspecified atom stereocenters. The molecule has 33 heavy (non-hydrogen) atoms. The van der Waals surface area contributed by atoms with Crippen molar-refractivity contribution < 1.29 is 24.0 Å². The number of methoxy groups -OCH3 is 2. The van der Waals surface area contributed by atoms with Crippen LogP contribution in [0.1, 0.15) is 42.7 Å². The maximum absolute atomic E-state index is 13.5. The number of carbonyl (C=O) groups excluding carboxylic acids is 2. The number of nitrogens with zero attached hydrogens (tertiary/aromatic N) is 1. The molecule has 0 saturated heterocycles. The molecule has 4 rings (SSSR count). The van der Waals surface area contributed by atoms with Crippen molar-refractivity contribution in [2.45, 2.75) is 31.6 Å². The fourth-order valence-corrected chi connectivity index (χ4v) is 4.68. The molecule has 0 radical (unpaired) electrons. The molecule has 2 aromatic carbocycles. The van der Waals surface area contributed by atoms with Crippen LogP contribution in [0.15, 0.2) is 71.1 Å². The maximum atomic E-state index is 13.5. The van der Waals surface area contributed by atoms with Crippen molar-refractivity contribution in [3.63, 3.8) is 0 Å². The third-order valence-electron chi connectivity index (χ3n) is 6.23. The number of hydrogen-bond donors (Lipinski definition) is 1. The van der Waals surface area contributed by atoms with Gasteiger partial charge >= 0.3 is 5.97 Å². The highest BCUT2D eigenvalue weighted by Gasteiger charge is 2.41. The second-order valence-corrected chi connectivity index (χ2v) is 8.13. The van der Waals surface area contributed by atoms with Crippen LogP contribution in [0.2, 0.25) is 0 Å². The molecule has 8 heteroatoms. The molecule has 0 spiro atoms. The topological polar surface area (TPSA) is 108 Å². The van der Waals surface area contributed by atoms with E-state index in [4.69, 9.17) is 9.47 Å². The molecule has 0 saturated carbocycles. The van der Waals surface area contributed by atoms with Crippen molar-refractivity contribution >= 4 is 17.4 Å². The number of carbonyl (C=O) groups is 2. The van der Waals surface area contributed by atoms with Gasteiger partial charge in [-0.3, -0.25) is 14.9 Å². The number of benzene rings is 2. The number of non-ortho nitro benzene ring substituents is 1. The number of dihydropyridines is 1. The highest BCUT2D eigenvalue weighted by atomic mass is 16.6. The quantitative estimate of drug-likeness (QED) is 0.416. The van der Waals surface area contributed by atoms with Gasteiger partial charge in [-0.15, -0.1) is 0 Å². The summed E-state index contributed by atoms with van der Waals surface area (Å²) in [5.74, 6) is -0.710. The van der Waals surface area contributed by atoms with Crippen molar-refractivity contribution in [1.82, 2.24) is 5.32 Å². The minimum Gasteiger partial charge on any atom is -0.497 e. The molecule has 1 aliphatic heterocycles. The lowest BCUT2D eigenvalue weighted by molar-refractivity contribution is -0.384. The lowest BCUT2D eigenvalue weighted by atomic mass is 9.71. The molecule has 1 N–H and O–H groups in total. The van der Waals surface area contributed by atoms with Crippen LogP contribution in [0, 0.1) is 10.1 Å². The Kier molecular flexibility index (Phi) is 6.00. The van der Waals surface area contributed by atoms with Gasteiger partial charge in [-0.1, -0.05) is 24.3 Å². The van der Waals surface area contributed by atoms with E-state index in [0.29, 0.717) is 23.3 Å². The van der Waals surface area contributed by atoms with E-state index in [2.05, 4.69) is 5.32 Å². The molecular formula is C25H24N2O6. The SMILES string of the molecule is COC(=O)C1=C(C)NC2=C(C(=O)C[C@@H](c3ccc(OC)cc3)C2)[C@H]1c1cccc([N+](=O)[O-])c1. The summed E-state index contributed by atoms with van der Waals surface area (Å²) in [6, 6.07) is 13.7. The summed E-state index contributed by atoms with van der Waals surface area (Å²) >= 11 is 0. The number of nitro benzene ring substituents is 1. The predicted octanol–water partition coefficient (Wildman–Crippen LogP) is 4.14. The molecule has 1 heterocycles. The first-order valence-corrected chi connectivity index (χ1v) is 10.5. The van der Waals surface area contributed by atoms with Crippen LogP contribution in [-0.2, 0) is 14.3 Å². The first-order chi connectivity index (χ1) is 15.8. The summed E-state index contributed by atoms with van der Waals surface area (Å²) < 4.78 is 10.2. The van der Waals surface area contributed by atoms with Gasteiger partial charge in [-0.2, -0.15) is 0 Å². The Balaban J connectivity index is 1.80. The molecule has 8 nitrogen and oxygen atoms in total. The Bertz CT molecular complexity index is 1200. The van der Waals surface area contributed by atoms with E-state index in [9.17, 15) is 19.7 Å². The van der Waals surface area contributed by atoms with Crippen LogP contribution in [0.4, 0.5) is 5.69 Å². The number of nitro groups is 1. The van der Waals surface area contributed by atoms with E-state index < -0.39 is 16.8 Å². The van der Waals surface area contributed by atoms with Gasteiger partial charge in [-0.25, -0.2) is 4.79 Å². The fourth-order valence-electron chi connectivity index (χ4n) is 4.68. The number of hydrogen-bond acceptors (Lipinski definition) is 7. The Labute approximate surface area is 191 Å². The van der Waals surface area contributed by atoms with E-state index in [1.807, 2.05) is 24.3 Å². The molecule has 1 aliphatic carbocycles. The standard InChI is InChI=1S/C25H24N2O6/c1-14-22(25(29)33-3)23(16-5-4-6-18(11-16)27(30)31)24-20(26-14)12-17(13-21(24)28)15-7-9-19(32-2)10-8-15/h4-11,17,23,26H,12-13H2,1-3H3/t17-,23-/m0/s1. The van der Waals surface area contributed by atoms with Crippen LogP contribution in [-0.4, -0.2) is 30.9 Å². The van der Waals surface area contributed by atoms with Gasteiger partial charge in [0.2, 0.25) is 0 Å². The van der Waals surface area contributed by atoms with Gasteiger partial charge < -0.3 is 14.8 Å². The third-order valence-corrected chi connectivity index (χ3v) is 6.23. The van der Waals surface area contributed by atoms with Crippen molar-refractivity contribution in [3.05, 3.63) is 92.3 Å². The van der Waals surface area contributed by atoms with Crippen LogP contribution in [0.25, 0.3) is 0 Å². The molecule has 2 aromatic rings. The van der Waals surface area contributed by atoms with E-state index in [1.54, 1.807) is 26.2 Å². The van der Waals surface area contributed by atoms with Gasteiger partial charge in [0.15, 0.2) is 5.78 Å². The summed E-state index contributed by atoms with van der Waals surface area (Å²) in [6.07, 6.45) is 0.844. The summed E-state index contributed by atoms with van der Waals surface area (Å²) in [7, 11) is 2.88. The van der Waals surface area contributed by atoms with Crippen LogP contribution >= 0.6 is 0 Å². The van der Waals surface area contributed by atoms with Crippen molar-refractivity contribution in [2.75, 3.05) is 14.2 Å². The fraction of sp³-hybridized carbons (Fsp3) is 0.280. The average Bonchev–Trinajstić information content (AvgIpc) is 2.82. The Hall–Kier alpha value is -3.94. The number of ether oxygens (including phenoxy) is 2. The van der Waals surface area contributed by atoms with E-state index in [-0.39, 0.29) is 29.4 Å². The normalized spacial score (nSPS) is 20.2. The lowest BCUT2D eigenvalue weighted by Crippen LogP contribution is -2.36. The summed E-state index contributed by atoms with van der Waals surface area (Å²) in [4.78, 5) is 37.1. The first kappa shape index (κ1) is 22.3. The summed E-state index contributed by atoms with van der Waals surface area (Å²) in [5, 5.41) is 14.6. The van der Waals surface area contributed by atoms with Gasteiger partial charge in [0, 0.05) is 41.4 Å². The zero-order valence-corrected chi connectivity index (χ0v) is 18.6. The second-order valence-electron chi connectivity index (χ2n) is 8.13. The van der Waals surface area contributed by atoms with E-state index in [1.165, 1.54) is 19.2 Å². The van der Waals surface area contributed by atoms with Crippen LogP contribution < -0.4 is 10.1 Å². The first-order valence-electron chi connectivity index (χ1n) is 10.5. The number of esters is 1. The molecule has 0 aromatic heterocycles. The monoisotopic (exact) mass is 448 g/mol. The second kappa shape index (κ2) is 8.90. The van der Waals surface area contributed by atoms with E-state index in [0.717, 1.165) is 17.0 Å². The van der Waals surface area contributed by atoms with E-state index >= 15 is 0 Å². The van der Waals surface area contributed by atoms with Crippen molar-refractivity contribution in [1.29, 1.82) is 0 Å². The largest absolute Gasteiger partial charge is 0.497 e. The Morgan fingerprint density at radius 1 is 1.09 bits per heavy atom. The molecule has 0 amide bonds. The predicted molar refractivity (Wildman–Crippen MR) is 121 cm³/mol. The smallest absolute Gasteiger partial charge is 0.336 e. The summed E-state index contributed by atoms with van der Waals surface area (Å²) in [5.41, 5.74) is 3.47. The highest BCUT2D eigenvalue weighted by Crippen LogP contribution is 2.46. The van der Waals surface area contributed by atoms with Crippen LogP contribution in [0.3, 0.4) is 0 Å². The number of ketones is 1. The minimum absolute atomic E-state index is 0.0344. The molecule has 0 fully saturated rings. The van der Waals surface area contributed by atoms with Gasteiger partial charge in [0.25, 0.3) is 5.69 Å². The number of Topliss-reactive ketones (excluding diaryl/α,β-unsaturated/α-hetero) is 1.